The van der Waals surface area contributed by atoms with E-state index in [9.17, 15) is 9.59 Å². The van der Waals surface area contributed by atoms with Crippen LogP contribution in [0.25, 0.3) is 0 Å². The van der Waals surface area contributed by atoms with Gasteiger partial charge in [-0.25, -0.2) is 4.79 Å². The topological polar surface area (TPSA) is 92.4 Å². The van der Waals surface area contributed by atoms with Gasteiger partial charge in [-0.1, -0.05) is 43.7 Å². The minimum atomic E-state index is -1.06. The molecule has 0 aliphatic rings. The monoisotopic (exact) mass is 264 g/mol. The zero-order valence-corrected chi connectivity index (χ0v) is 11.4. The first kappa shape index (κ1) is 15.2. The molecule has 2 unspecified atom stereocenters. The highest BCUT2D eigenvalue weighted by Gasteiger charge is 2.26. The number of aryl methyl sites for hydroxylation is 1. The minimum absolute atomic E-state index is 0.202. The molecule has 5 heteroatoms. The highest BCUT2D eigenvalue weighted by Crippen LogP contribution is 2.12. The molecule has 1 rings (SSSR count). The Morgan fingerprint density at radius 2 is 1.74 bits per heavy atom. The van der Waals surface area contributed by atoms with E-state index in [0.29, 0.717) is 5.56 Å². The van der Waals surface area contributed by atoms with E-state index in [1.54, 1.807) is 26.0 Å². The zero-order valence-electron chi connectivity index (χ0n) is 11.4. The van der Waals surface area contributed by atoms with Crippen LogP contribution in [0.2, 0.25) is 0 Å². The first-order valence-electron chi connectivity index (χ1n) is 6.18. The van der Waals surface area contributed by atoms with Gasteiger partial charge in [-0.3, -0.25) is 4.79 Å². The van der Waals surface area contributed by atoms with Crippen LogP contribution in [0, 0.1) is 12.8 Å². The number of hydrogen-bond donors (Lipinski definition) is 3. The average Bonchev–Trinajstić information content (AvgIpc) is 2.34. The number of carboxylic acid groups (broad SMARTS) is 1. The molecule has 0 aromatic heterocycles. The van der Waals surface area contributed by atoms with Crippen molar-refractivity contribution in [2.24, 2.45) is 11.7 Å². The lowest BCUT2D eigenvalue weighted by atomic mass is 10.0. The Balaban J connectivity index is 2.77. The van der Waals surface area contributed by atoms with Crippen LogP contribution in [-0.2, 0) is 9.59 Å². The number of nitrogens with one attached hydrogen (secondary N) is 1. The molecule has 5 nitrogen and oxygen atoms in total. The van der Waals surface area contributed by atoms with Crippen LogP contribution in [-0.4, -0.2) is 23.0 Å². The molecule has 0 fully saturated rings. The Hall–Kier alpha value is -1.88. The summed E-state index contributed by atoms with van der Waals surface area (Å²) in [6, 6.07) is 5.47. The maximum atomic E-state index is 11.9. The summed E-state index contributed by atoms with van der Waals surface area (Å²) in [6.07, 6.45) is 0. The van der Waals surface area contributed by atoms with Gasteiger partial charge in [0.1, 0.15) is 12.1 Å². The van der Waals surface area contributed by atoms with Gasteiger partial charge in [-0.05, 0) is 18.4 Å². The summed E-state index contributed by atoms with van der Waals surface area (Å²) in [5.41, 5.74) is 7.57. The Morgan fingerprint density at radius 1 is 1.21 bits per heavy atom. The van der Waals surface area contributed by atoms with E-state index in [4.69, 9.17) is 10.8 Å². The second-order valence-electron chi connectivity index (χ2n) is 4.96. The summed E-state index contributed by atoms with van der Waals surface area (Å²) in [7, 11) is 0. The Kier molecular flexibility index (Phi) is 5.06. The summed E-state index contributed by atoms with van der Waals surface area (Å²) in [4.78, 5) is 23.0. The average molecular weight is 264 g/mol. The Morgan fingerprint density at radius 3 is 2.16 bits per heavy atom. The lowest BCUT2D eigenvalue weighted by Crippen LogP contribution is -2.47. The standard InChI is InChI=1S/C14H20N2O3/c1-8(2)12(14(18)19)16-13(17)11(15)10-6-4-9(3)5-7-10/h4-8,11-12H,15H2,1-3H3,(H,16,17)(H,18,19). The fourth-order valence-electron chi connectivity index (χ4n) is 1.68. The molecule has 0 spiro atoms. The predicted octanol–water partition coefficient (Wildman–Crippen LogP) is 1.22. The van der Waals surface area contributed by atoms with Crippen molar-refractivity contribution in [1.82, 2.24) is 5.32 Å². The summed E-state index contributed by atoms with van der Waals surface area (Å²) >= 11 is 0. The van der Waals surface area contributed by atoms with Gasteiger partial charge >= 0.3 is 5.97 Å². The number of hydrogen-bond acceptors (Lipinski definition) is 3. The molecule has 1 aromatic rings. The van der Waals surface area contributed by atoms with Gasteiger partial charge in [-0.2, -0.15) is 0 Å². The largest absolute Gasteiger partial charge is 0.480 e. The lowest BCUT2D eigenvalue weighted by Gasteiger charge is -2.20. The van der Waals surface area contributed by atoms with Crippen molar-refractivity contribution < 1.29 is 14.7 Å². The number of benzene rings is 1. The number of aliphatic carboxylic acids is 1. The first-order valence-corrected chi connectivity index (χ1v) is 6.18. The molecule has 0 radical (unpaired) electrons. The minimum Gasteiger partial charge on any atom is -0.480 e. The molecule has 104 valence electrons. The Labute approximate surface area is 112 Å². The van der Waals surface area contributed by atoms with Gasteiger partial charge in [-0.15, -0.1) is 0 Å². The van der Waals surface area contributed by atoms with Crippen LogP contribution < -0.4 is 11.1 Å². The van der Waals surface area contributed by atoms with Crippen LogP contribution >= 0.6 is 0 Å². The fourth-order valence-corrected chi connectivity index (χ4v) is 1.68. The molecule has 0 aliphatic heterocycles. The number of carbonyl (C=O) groups is 2. The molecule has 19 heavy (non-hydrogen) atoms. The maximum Gasteiger partial charge on any atom is 0.326 e. The molecule has 0 saturated carbocycles. The van der Waals surface area contributed by atoms with Crippen LogP contribution in [0.4, 0.5) is 0 Å². The molecular weight excluding hydrogens is 244 g/mol. The Bertz CT molecular complexity index is 454. The third-order valence-electron chi connectivity index (χ3n) is 2.95. The quantitative estimate of drug-likeness (QED) is 0.745. The van der Waals surface area contributed by atoms with Crippen molar-refractivity contribution in [2.45, 2.75) is 32.9 Å². The molecule has 1 aromatic carbocycles. The molecular formula is C14H20N2O3. The molecule has 4 N–H and O–H groups in total. The first-order chi connectivity index (χ1) is 8.82. The van der Waals surface area contributed by atoms with E-state index in [1.165, 1.54) is 0 Å². The SMILES string of the molecule is Cc1ccc(C(N)C(=O)NC(C(=O)O)C(C)C)cc1. The number of nitrogens with two attached hydrogens (primary N) is 1. The van der Waals surface area contributed by atoms with Crippen LogP contribution in [0.1, 0.15) is 31.0 Å². The highest BCUT2D eigenvalue weighted by molar-refractivity contribution is 5.87. The third kappa shape index (κ3) is 4.06. The van der Waals surface area contributed by atoms with Gasteiger partial charge < -0.3 is 16.2 Å². The number of carbonyl (C=O) groups excluding carboxylic acids is 1. The number of carboxylic acids is 1. The second kappa shape index (κ2) is 6.33. The second-order valence-corrected chi connectivity index (χ2v) is 4.96. The van der Waals surface area contributed by atoms with Gasteiger partial charge in [0.25, 0.3) is 0 Å². The van der Waals surface area contributed by atoms with Crippen molar-refractivity contribution in [3.63, 3.8) is 0 Å². The van der Waals surface area contributed by atoms with Gasteiger partial charge in [0, 0.05) is 0 Å². The third-order valence-corrected chi connectivity index (χ3v) is 2.95. The zero-order chi connectivity index (χ0) is 14.6. The molecule has 1 amide bonds. The van der Waals surface area contributed by atoms with E-state index >= 15 is 0 Å². The smallest absolute Gasteiger partial charge is 0.326 e. The van der Waals surface area contributed by atoms with Crippen LogP contribution in [0.15, 0.2) is 24.3 Å². The molecule has 0 heterocycles. The van der Waals surface area contributed by atoms with Gasteiger partial charge in [0.15, 0.2) is 0 Å². The number of rotatable bonds is 5. The predicted molar refractivity (Wildman–Crippen MR) is 72.5 cm³/mol. The van der Waals surface area contributed by atoms with Crippen molar-refractivity contribution in [3.8, 4) is 0 Å². The van der Waals surface area contributed by atoms with Crippen LogP contribution in [0.3, 0.4) is 0 Å². The summed E-state index contributed by atoms with van der Waals surface area (Å²) in [5.74, 6) is -1.74. The summed E-state index contributed by atoms with van der Waals surface area (Å²) in [6.45, 7) is 5.40. The van der Waals surface area contributed by atoms with E-state index in [-0.39, 0.29) is 5.92 Å². The molecule has 0 bridgehead atoms. The van der Waals surface area contributed by atoms with Gasteiger partial charge in [0.2, 0.25) is 5.91 Å². The molecule has 0 saturated heterocycles. The molecule has 0 aliphatic carbocycles. The van der Waals surface area contributed by atoms with E-state index in [2.05, 4.69) is 5.32 Å². The highest BCUT2D eigenvalue weighted by atomic mass is 16.4. The van der Waals surface area contributed by atoms with E-state index in [0.717, 1.165) is 5.56 Å². The summed E-state index contributed by atoms with van der Waals surface area (Å²) < 4.78 is 0. The van der Waals surface area contributed by atoms with Crippen LogP contribution in [0.5, 0.6) is 0 Å². The lowest BCUT2D eigenvalue weighted by molar-refractivity contribution is -0.143. The number of amides is 1. The van der Waals surface area contributed by atoms with Crippen molar-refractivity contribution in [2.75, 3.05) is 0 Å². The van der Waals surface area contributed by atoms with E-state index < -0.39 is 24.0 Å². The van der Waals surface area contributed by atoms with Crippen molar-refractivity contribution in [1.29, 1.82) is 0 Å². The van der Waals surface area contributed by atoms with E-state index in [1.807, 2.05) is 19.1 Å². The normalized spacial score (nSPS) is 13.9. The van der Waals surface area contributed by atoms with Crippen molar-refractivity contribution >= 4 is 11.9 Å². The maximum absolute atomic E-state index is 11.9. The summed E-state index contributed by atoms with van der Waals surface area (Å²) in [5, 5.41) is 11.5. The molecule has 2 atom stereocenters. The van der Waals surface area contributed by atoms with Gasteiger partial charge in [0.05, 0.1) is 0 Å². The van der Waals surface area contributed by atoms with Crippen molar-refractivity contribution in [3.05, 3.63) is 35.4 Å². The fraction of sp³-hybridized carbons (Fsp3) is 0.429.